The van der Waals surface area contributed by atoms with Crippen LogP contribution in [0.2, 0.25) is 0 Å². The van der Waals surface area contributed by atoms with Crippen molar-refractivity contribution in [3.05, 3.63) is 24.3 Å². The van der Waals surface area contributed by atoms with E-state index in [0.717, 1.165) is 50.4 Å². The van der Waals surface area contributed by atoms with Gasteiger partial charge in [0.05, 0.1) is 0 Å². The molecule has 1 aliphatic rings. The fourth-order valence-corrected chi connectivity index (χ4v) is 2.29. The first-order valence-electron chi connectivity index (χ1n) is 7.07. The Balaban J connectivity index is 1.91. The second-order valence-corrected chi connectivity index (χ2v) is 4.97. The molecule has 1 saturated heterocycles. The molecule has 1 aromatic carbocycles. The van der Waals surface area contributed by atoms with Crippen LogP contribution in [-0.2, 0) is 9.59 Å². The van der Waals surface area contributed by atoms with Crippen molar-refractivity contribution in [2.75, 3.05) is 36.4 Å². The average molecular weight is 275 g/mol. The zero-order valence-corrected chi connectivity index (χ0v) is 11.8. The maximum atomic E-state index is 11.5. The summed E-state index contributed by atoms with van der Waals surface area (Å²) in [5.41, 5.74) is 1.96. The Kier molecular flexibility index (Phi) is 4.98. The van der Waals surface area contributed by atoms with E-state index in [1.165, 1.54) is 0 Å². The first kappa shape index (κ1) is 14.4. The highest BCUT2D eigenvalue weighted by Crippen LogP contribution is 2.19. The number of rotatable bonds is 5. The van der Waals surface area contributed by atoms with Crippen molar-refractivity contribution in [2.45, 2.75) is 19.8 Å². The Labute approximate surface area is 119 Å². The van der Waals surface area contributed by atoms with Gasteiger partial charge in [0, 0.05) is 44.0 Å². The number of carbonyl (C=O) groups is 2. The highest BCUT2D eigenvalue weighted by Gasteiger charge is 2.15. The SMILES string of the molecule is CCCC(=O)Nc1ccc(N2CCN(C=O)CC2)cc1. The van der Waals surface area contributed by atoms with Crippen LogP contribution in [0.4, 0.5) is 11.4 Å². The summed E-state index contributed by atoms with van der Waals surface area (Å²) < 4.78 is 0. The number of carbonyl (C=O) groups excluding carboxylic acids is 2. The van der Waals surface area contributed by atoms with Crippen molar-refractivity contribution in [2.24, 2.45) is 0 Å². The average Bonchev–Trinajstić information content (AvgIpc) is 2.48. The minimum absolute atomic E-state index is 0.0554. The summed E-state index contributed by atoms with van der Waals surface area (Å²) in [4.78, 5) is 26.2. The lowest BCUT2D eigenvalue weighted by atomic mass is 10.2. The Hall–Kier alpha value is -2.04. The van der Waals surface area contributed by atoms with E-state index in [2.05, 4.69) is 10.2 Å². The van der Waals surface area contributed by atoms with Gasteiger partial charge in [-0.2, -0.15) is 0 Å². The highest BCUT2D eigenvalue weighted by atomic mass is 16.1. The van der Waals surface area contributed by atoms with Crippen molar-refractivity contribution in [3.63, 3.8) is 0 Å². The third kappa shape index (κ3) is 3.73. The van der Waals surface area contributed by atoms with Gasteiger partial charge in [-0.1, -0.05) is 6.92 Å². The molecule has 0 spiro atoms. The Morgan fingerprint density at radius 1 is 1.20 bits per heavy atom. The number of benzene rings is 1. The van der Waals surface area contributed by atoms with Gasteiger partial charge < -0.3 is 15.1 Å². The molecule has 5 nitrogen and oxygen atoms in total. The summed E-state index contributed by atoms with van der Waals surface area (Å²) in [7, 11) is 0. The predicted octanol–water partition coefficient (Wildman–Crippen LogP) is 1.70. The van der Waals surface area contributed by atoms with Crippen LogP contribution >= 0.6 is 0 Å². The molecule has 0 aromatic heterocycles. The number of hydrogen-bond donors (Lipinski definition) is 1. The first-order valence-corrected chi connectivity index (χ1v) is 7.07. The summed E-state index contributed by atoms with van der Waals surface area (Å²) in [5.74, 6) is 0.0554. The minimum atomic E-state index is 0.0554. The van der Waals surface area contributed by atoms with Crippen molar-refractivity contribution in [1.29, 1.82) is 0 Å². The van der Waals surface area contributed by atoms with E-state index in [0.29, 0.717) is 6.42 Å². The number of nitrogens with zero attached hydrogens (tertiary/aromatic N) is 2. The number of hydrogen-bond acceptors (Lipinski definition) is 3. The number of nitrogens with one attached hydrogen (secondary N) is 1. The third-order valence-corrected chi connectivity index (χ3v) is 3.46. The first-order chi connectivity index (χ1) is 9.72. The van der Waals surface area contributed by atoms with Gasteiger partial charge in [0.15, 0.2) is 0 Å². The minimum Gasteiger partial charge on any atom is -0.368 e. The standard InChI is InChI=1S/C15H21N3O2/c1-2-3-15(20)16-13-4-6-14(7-5-13)18-10-8-17(12-19)9-11-18/h4-7,12H,2-3,8-11H2,1H3,(H,16,20). The van der Waals surface area contributed by atoms with Gasteiger partial charge in [0.1, 0.15) is 0 Å². The molecule has 0 radical (unpaired) electrons. The lowest BCUT2D eigenvalue weighted by Crippen LogP contribution is -2.45. The summed E-state index contributed by atoms with van der Waals surface area (Å²) in [6.45, 7) is 5.21. The van der Waals surface area contributed by atoms with E-state index >= 15 is 0 Å². The van der Waals surface area contributed by atoms with Crippen LogP contribution in [0.25, 0.3) is 0 Å². The fraction of sp³-hybridized carbons (Fsp3) is 0.467. The predicted molar refractivity (Wildman–Crippen MR) is 79.8 cm³/mol. The van der Waals surface area contributed by atoms with Crippen LogP contribution in [0.15, 0.2) is 24.3 Å². The topological polar surface area (TPSA) is 52.7 Å². The number of piperazine rings is 1. The van der Waals surface area contributed by atoms with Crippen molar-refractivity contribution in [3.8, 4) is 0 Å². The van der Waals surface area contributed by atoms with Crippen LogP contribution in [0.1, 0.15) is 19.8 Å². The summed E-state index contributed by atoms with van der Waals surface area (Å²) in [5, 5.41) is 2.88. The quantitative estimate of drug-likeness (QED) is 0.832. The second-order valence-electron chi connectivity index (χ2n) is 4.97. The molecule has 1 aliphatic heterocycles. The van der Waals surface area contributed by atoms with Crippen molar-refractivity contribution >= 4 is 23.7 Å². The molecule has 2 rings (SSSR count). The Morgan fingerprint density at radius 2 is 1.85 bits per heavy atom. The molecule has 1 fully saturated rings. The van der Waals surface area contributed by atoms with E-state index in [1.807, 2.05) is 31.2 Å². The van der Waals surface area contributed by atoms with Gasteiger partial charge >= 0.3 is 0 Å². The van der Waals surface area contributed by atoms with Crippen LogP contribution in [0, 0.1) is 0 Å². The lowest BCUT2D eigenvalue weighted by Gasteiger charge is -2.34. The molecule has 0 aliphatic carbocycles. The molecule has 0 bridgehead atoms. The molecule has 0 unspecified atom stereocenters. The number of anilines is 2. The normalized spacial score (nSPS) is 15.1. The van der Waals surface area contributed by atoms with Crippen molar-refractivity contribution in [1.82, 2.24) is 4.90 Å². The van der Waals surface area contributed by atoms with Crippen LogP contribution < -0.4 is 10.2 Å². The van der Waals surface area contributed by atoms with E-state index < -0.39 is 0 Å². The summed E-state index contributed by atoms with van der Waals surface area (Å²) >= 11 is 0. The van der Waals surface area contributed by atoms with Crippen LogP contribution in [-0.4, -0.2) is 43.4 Å². The highest BCUT2D eigenvalue weighted by molar-refractivity contribution is 5.90. The van der Waals surface area contributed by atoms with Gasteiger partial charge in [0.2, 0.25) is 12.3 Å². The van der Waals surface area contributed by atoms with E-state index in [-0.39, 0.29) is 5.91 Å². The second kappa shape index (κ2) is 6.93. The molecule has 1 aromatic rings. The van der Waals surface area contributed by atoms with E-state index in [1.54, 1.807) is 4.90 Å². The van der Waals surface area contributed by atoms with Gasteiger partial charge in [0.25, 0.3) is 0 Å². The molecule has 0 saturated carbocycles. The maximum Gasteiger partial charge on any atom is 0.224 e. The van der Waals surface area contributed by atoms with Crippen LogP contribution in [0.5, 0.6) is 0 Å². The molecule has 5 heteroatoms. The van der Waals surface area contributed by atoms with Crippen LogP contribution in [0.3, 0.4) is 0 Å². The molecule has 2 amide bonds. The molecule has 1 N–H and O–H groups in total. The molecular formula is C15H21N3O2. The largest absolute Gasteiger partial charge is 0.368 e. The van der Waals surface area contributed by atoms with Gasteiger partial charge in [-0.25, -0.2) is 0 Å². The molecule has 20 heavy (non-hydrogen) atoms. The Morgan fingerprint density at radius 3 is 2.40 bits per heavy atom. The van der Waals surface area contributed by atoms with Gasteiger partial charge in [-0.3, -0.25) is 9.59 Å². The molecule has 108 valence electrons. The molecule has 1 heterocycles. The summed E-state index contributed by atoms with van der Waals surface area (Å²) in [6.07, 6.45) is 2.31. The van der Waals surface area contributed by atoms with E-state index in [4.69, 9.17) is 0 Å². The zero-order valence-electron chi connectivity index (χ0n) is 11.8. The smallest absolute Gasteiger partial charge is 0.224 e. The van der Waals surface area contributed by atoms with Gasteiger partial charge in [-0.05, 0) is 30.7 Å². The monoisotopic (exact) mass is 275 g/mol. The number of amides is 2. The summed E-state index contributed by atoms with van der Waals surface area (Å²) in [6, 6.07) is 7.88. The maximum absolute atomic E-state index is 11.5. The van der Waals surface area contributed by atoms with Gasteiger partial charge in [-0.15, -0.1) is 0 Å². The third-order valence-electron chi connectivity index (χ3n) is 3.46. The fourth-order valence-electron chi connectivity index (χ4n) is 2.29. The lowest BCUT2D eigenvalue weighted by molar-refractivity contribution is -0.118. The Bertz CT molecular complexity index is 451. The van der Waals surface area contributed by atoms with E-state index in [9.17, 15) is 9.59 Å². The van der Waals surface area contributed by atoms with Crippen molar-refractivity contribution < 1.29 is 9.59 Å². The molecule has 0 atom stereocenters. The zero-order chi connectivity index (χ0) is 14.4. The molecular weight excluding hydrogens is 254 g/mol.